The van der Waals surface area contributed by atoms with Crippen molar-refractivity contribution in [2.24, 2.45) is 35.5 Å². The van der Waals surface area contributed by atoms with Crippen molar-refractivity contribution in [1.82, 2.24) is 55.4 Å². The number of thiazole rings is 3. The van der Waals surface area contributed by atoms with Crippen LogP contribution in [0, 0.1) is 87.9 Å². The van der Waals surface area contributed by atoms with Gasteiger partial charge in [0.2, 0.25) is 44.7 Å². The monoisotopic (exact) mass is 1980 g/mol. The van der Waals surface area contributed by atoms with E-state index in [0.29, 0.717) is 62.0 Å². The van der Waals surface area contributed by atoms with E-state index in [2.05, 4.69) is 94.3 Å². The summed E-state index contributed by atoms with van der Waals surface area (Å²) in [6.07, 6.45) is 26.5. The average molecular weight is 1990 g/mol. The molecule has 9 saturated heterocycles. The number of ether oxygens (including phenoxy) is 8. The van der Waals surface area contributed by atoms with Crippen LogP contribution >= 0.6 is 34.0 Å². The van der Waals surface area contributed by atoms with E-state index in [-0.39, 0.29) is 142 Å². The number of carbonyl (C=O) groups is 8. The molecule has 3 aromatic heterocycles. The number of anilines is 3. The third kappa shape index (κ3) is 22.6. The zero-order valence-electron chi connectivity index (χ0n) is 79.7. The summed E-state index contributed by atoms with van der Waals surface area (Å²) in [6, 6.07) is 15.6. The molecule has 0 bridgehead atoms. The quantitative estimate of drug-likeness (QED) is 0.0433. The molecule has 12 fully saturated rings. The zero-order valence-corrected chi connectivity index (χ0v) is 82.9. The van der Waals surface area contributed by atoms with E-state index in [1.165, 1.54) is 50.4 Å². The highest BCUT2D eigenvalue weighted by molar-refractivity contribution is 7.15. The molecule has 744 valence electrons. The third-order valence-electron chi connectivity index (χ3n) is 28.8. The zero-order chi connectivity index (χ0) is 97.5. The molecule has 6 aromatic rings. The molecule has 0 unspecified atom stereocenters. The number of terminal acetylenes is 3. The number of amides is 6. The Hall–Kier alpha value is -9.93. The predicted molar refractivity (Wildman–Crippen MR) is 510 cm³/mol. The maximum atomic E-state index is 15.0. The van der Waals surface area contributed by atoms with Crippen molar-refractivity contribution < 1.29 is 112 Å². The Morgan fingerprint density at radius 1 is 0.493 bits per heavy atom. The SMILES string of the molecule is C#C[C@@H]1CN(C(=O)[C@@H](NC(=O)OC(C)(C)C)C2CCCC2)[C@H]2[C@@H]1OCC2(OC)OC.C#C[C@@H]1CN(C(=O)[C@@H](NC(=O)c2ccc(-c3nc(N4CCN(C)CC4)sc3F)cc2)C2CCCC2)[C@@H]2C(=O)CO[C@H]12.C#C[C@@H]1CN(C(=O)[C@@H](NC(=O)c2ccc(-c3nc(N4CCN(C)CC4)sc3F)cc2)C2CCCC2)[C@H]2[C@@H]1OCC2(OC)OC.C[NH+]1CCN(c2nc(-c3ccc(C(=O)O)cc3)c(F)s2)CC1.[Cl-]. The third-order valence-corrected chi connectivity index (χ3v) is 31.6. The first-order valence-electron chi connectivity index (χ1n) is 47.3. The summed E-state index contributed by atoms with van der Waals surface area (Å²) in [4.78, 5) is 136. The van der Waals surface area contributed by atoms with E-state index in [0.717, 1.165) is 190 Å². The molecule has 5 N–H and O–H groups in total. The minimum atomic E-state index is -1.14. The van der Waals surface area contributed by atoms with Crippen molar-refractivity contribution in [3.8, 4) is 70.8 Å². The highest BCUT2D eigenvalue weighted by Crippen LogP contribution is 2.47. The molecule has 32 nitrogen and oxygen atoms in total. The van der Waals surface area contributed by atoms with Gasteiger partial charge in [-0.25, -0.2) is 24.5 Å². The summed E-state index contributed by atoms with van der Waals surface area (Å²) in [7, 11) is 12.4. The normalized spacial score (nSPS) is 24.9. The van der Waals surface area contributed by atoms with Crippen molar-refractivity contribution in [3.63, 3.8) is 0 Å². The van der Waals surface area contributed by atoms with Crippen LogP contribution in [0.1, 0.15) is 129 Å². The minimum Gasteiger partial charge on any atom is -1.00 e. The van der Waals surface area contributed by atoms with Gasteiger partial charge in [-0.1, -0.05) is 127 Å². The molecule has 12 heterocycles. The number of fused-ring (bicyclic) bond motifs is 3. The molecule has 12 atom stereocenters. The van der Waals surface area contributed by atoms with E-state index in [9.17, 15) is 51.5 Å². The van der Waals surface area contributed by atoms with Gasteiger partial charge in [-0.2, -0.15) is 13.2 Å². The van der Waals surface area contributed by atoms with Gasteiger partial charge in [0, 0.05) is 128 Å². The maximum Gasteiger partial charge on any atom is 0.408 e. The second-order valence-electron chi connectivity index (χ2n) is 38.4. The summed E-state index contributed by atoms with van der Waals surface area (Å²) in [5, 5.41) is 18.7. The number of benzene rings is 3. The fourth-order valence-corrected chi connectivity index (χ4v) is 23.6. The highest BCUT2D eigenvalue weighted by Gasteiger charge is 2.64. The number of alkyl carbamates (subject to hydrolysis) is 1. The van der Waals surface area contributed by atoms with Gasteiger partial charge in [-0.15, -0.1) is 19.3 Å². The van der Waals surface area contributed by atoms with Crippen LogP contribution in [0.15, 0.2) is 72.8 Å². The first-order chi connectivity index (χ1) is 65.8. The van der Waals surface area contributed by atoms with E-state index in [1.807, 2.05) is 0 Å². The lowest BCUT2D eigenvalue weighted by Crippen LogP contribution is -3.12. The second-order valence-corrected chi connectivity index (χ2v) is 41.2. The number of likely N-dealkylation sites (N-methyl/N-ethyl adjacent to an activating group) is 3. The number of halogens is 4. The number of carbonyl (C=O) groups excluding carboxylic acids is 7. The number of rotatable bonds is 22. The summed E-state index contributed by atoms with van der Waals surface area (Å²) in [5.74, 6) is 2.46. The van der Waals surface area contributed by atoms with E-state index in [4.69, 9.17) is 62.3 Å². The summed E-state index contributed by atoms with van der Waals surface area (Å²) in [6.45, 7) is 17.1. The van der Waals surface area contributed by atoms with Gasteiger partial charge in [0.15, 0.2) is 21.2 Å². The van der Waals surface area contributed by atoms with Crippen LogP contribution in [0.4, 0.5) is 33.4 Å². The van der Waals surface area contributed by atoms with Gasteiger partial charge in [-0.05, 0) is 128 Å². The first kappa shape index (κ1) is 104. The first-order valence-corrected chi connectivity index (χ1v) is 49.7. The Balaban J connectivity index is 0.000000151. The predicted octanol–water partition coefficient (Wildman–Crippen LogP) is 5.16. The summed E-state index contributed by atoms with van der Waals surface area (Å²) in [5.41, 5.74) is 2.90. The lowest BCUT2D eigenvalue weighted by molar-refractivity contribution is -0.880. The van der Waals surface area contributed by atoms with Crippen molar-refractivity contribution >= 4 is 96.8 Å². The van der Waals surface area contributed by atoms with Crippen LogP contribution in [-0.2, 0) is 57.1 Å². The number of piperazine rings is 3. The van der Waals surface area contributed by atoms with Gasteiger partial charge in [0.1, 0.15) is 84.9 Å². The molecule has 0 spiro atoms. The lowest BCUT2D eigenvalue weighted by Gasteiger charge is -2.38. The summed E-state index contributed by atoms with van der Waals surface area (Å²) < 4.78 is 89.9. The Bertz CT molecular complexity index is 5410. The fourth-order valence-electron chi connectivity index (χ4n) is 21.0. The van der Waals surface area contributed by atoms with Crippen molar-refractivity contribution in [3.05, 3.63) is 105 Å². The standard InChI is InChI=1S/C32H40FN5O5S.C30H34FN5O4S.C22H34N2O6.C15H16FN3O2S.ClH/c1-5-20-18-38(27-26(20)43-19-32(27,41-3)42-4)30(40)25(21-8-6-7-9-21)34-29(39)23-12-10-22(11-13-23)24-28(33)44-31(35-24)37-16-14-36(2)15-17-37;1-3-18-16-36(25-22(37)17-40-26(18)25)29(39)24(19-6-4-5-7-19)32-28(38)21-10-8-20(9-11-21)23-27(31)41-30(33-23)35-14-12-34(2)13-15-35;1-7-14-12-24(18-17(14)29-13-22(18,27-5)28-6)19(25)16(15-10-8-9-11-15)23-20(26)30-21(2,3)4;1-18-6-8-19(9-7-18)15-17-12(13(16)22-15)10-2-4-11(5-3-10)14(20)21;/h1,10-13,20-21,25-27H,6-9,14-19H2,2-4H3,(H,34,39);1,8-11,18-19,24-26H,4-7,12-17H2,2H3,(H,32,38);1,14-18H,8-13H2,2-6H3,(H,23,26);2-5H,6-9H2,1H3,(H,20,21);1H/t20-,25+,26-,27+;18-,24+,25-,26-;14-,16+,17-,18+;;/m111../s1. The Morgan fingerprint density at radius 3 is 1.16 bits per heavy atom. The van der Waals surface area contributed by atoms with Gasteiger partial charge in [0.25, 0.3) is 11.8 Å². The number of hydrogen-bond acceptors (Lipinski definition) is 27. The highest BCUT2D eigenvalue weighted by atomic mass is 35.5. The summed E-state index contributed by atoms with van der Waals surface area (Å²) >= 11 is 3.13. The number of nitrogens with zero attached hydrogens (tertiary/aromatic N) is 11. The van der Waals surface area contributed by atoms with Crippen molar-refractivity contribution in [2.45, 2.75) is 170 Å². The molecule has 3 aromatic carbocycles. The fraction of sp³-hybridized carbons (Fsp3) is 0.586. The number of ketones is 1. The molecule has 18 rings (SSSR count). The molecule has 0 radical (unpaired) electrons. The van der Waals surface area contributed by atoms with Crippen LogP contribution in [0.3, 0.4) is 0 Å². The van der Waals surface area contributed by atoms with E-state index < -0.39 is 83.6 Å². The number of quaternary nitrogens is 1. The van der Waals surface area contributed by atoms with Gasteiger partial charge in [-0.3, -0.25) is 28.8 Å². The molecule has 39 heteroatoms. The molecule has 3 saturated carbocycles. The van der Waals surface area contributed by atoms with Gasteiger partial charge >= 0.3 is 12.1 Å². The number of Topliss-reactive ketones (excluding diaryl/α,β-unsaturated/α-hetero) is 1. The van der Waals surface area contributed by atoms with Crippen molar-refractivity contribution in [1.29, 1.82) is 0 Å². The Kier molecular flexibility index (Phi) is 34.1. The number of nitrogens with one attached hydrogen (secondary N) is 4. The van der Waals surface area contributed by atoms with Crippen LogP contribution in [-0.4, -0.2) is 331 Å². The Labute approximate surface area is 822 Å². The molecule has 12 aliphatic rings. The molecular weight excluding hydrogens is 1860 g/mol. The smallest absolute Gasteiger partial charge is 0.408 e. The van der Waals surface area contributed by atoms with Gasteiger partial charge in [0.05, 0.1) is 68.8 Å². The number of carboxylic acids is 1. The lowest BCUT2D eigenvalue weighted by atomic mass is 9.95. The maximum absolute atomic E-state index is 15.0. The van der Waals surface area contributed by atoms with E-state index >= 15 is 0 Å². The van der Waals surface area contributed by atoms with E-state index in [1.54, 1.807) is 91.2 Å². The average Bonchev–Trinajstić information content (AvgIpc) is 1.59. The number of aromatic nitrogens is 3. The largest absolute Gasteiger partial charge is 1.00 e. The minimum absolute atomic E-state index is 0. The molecular formula is C99H125ClF3N15O17S3. The molecule has 3 aliphatic carbocycles. The van der Waals surface area contributed by atoms with Crippen LogP contribution < -0.4 is 48.0 Å². The second kappa shape index (κ2) is 45.3. The number of methoxy groups -OCH3 is 4. The number of likely N-dealkylation sites (tertiary alicyclic amines) is 3. The van der Waals surface area contributed by atoms with Crippen LogP contribution in [0.25, 0.3) is 33.8 Å². The number of carboxylic acid groups (broad SMARTS) is 1. The molecule has 9 aliphatic heterocycles. The van der Waals surface area contributed by atoms with Crippen molar-refractivity contribution in [2.75, 3.05) is 182 Å². The number of hydrogen-bond donors (Lipinski definition) is 5. The molecule has 6 amide bonds. The molecule has 138 heavy (non-hydrogen) atoms. The Morgan fingerprint density at radius 2 is 0.819 bits per heavy atom. The van der Waals surface area contributed by atoms with Gasteiger partial charge < -0.3 is 115 Å². The van der Waals surface area contributed by atoms with Crippen LogP contribution in [0.2, 0.25) is 0 Å². The number of aromatic carboxylic acids is 1. The topological polar surface area (TPSA) is 336 Å². The van der Waals surface area contributed by atoms with Crippen LogP contribution in [0.5, 0.6) is 0 Å².